The second kappa shape index (κ2) is 8.74. The van der Waals surface area contributed by atoms with Crippen LogP contribution in [0.1, 0.15) is 25.7 Å². The van der Waals surface area contributed by atoms with Crippen LogP contribution in [0.4, 0.5) is 0 Å². The molecule has 1 aliphatic rings. The summed E-state index contributed by atoms with van der Waals surface area (Å²) in [6.07, 6.45) is 8.97. The van der Waals surface area contributed by atoms with Crippen LogP contribution >= 0.6 is 0 Å². The fourth-order valence-corrected chi connectivity index (χ4v) is 1.87. The van der Waals surface area contributed by atoms with Crippen LogP contribution in [0, 0.1) is 0 Å². The zero-order valence-electron chi connectivity index (χ0n) is 9.87. The van der Waals surface area contributed by atoms with Gasteiger partial charge >= 0.3 is 0 Å². The average molecular weight is 212 g/mol. The van der Waals surface area contributed by atoms with E-state index in [1.54, 1.807) is 13.4 Å². The van der Waals surface area contributed by atoms with Gasteiger partial charge in [0, 0.05) is 26.2 Å². The molecule has 0 radical (unpaired) electrons. The lowest BCUT2D eigenvalue weighted by molar-refractivity contribution is 0.236. The van der Waals surface area contributed by atoms with Gasteiger partial charge in [-0.05, 0) is 31.9 Å². The highest BCUT2D eigenvalue weighted by atomic mass is 16.5. The lowest BCUT2D eigenvalue weighted by Crippen LogP contribution is -2.43. The van der Waals surface area contributed by atoms with Crippen molar-refractivity contribution >= 4 is 0 Å². The SMILES string of the molecule is COC=CCCCCCN1CCNCC1. The maximum Gasteiger partial charge on any atom is 0.0784 e. The van der Waals surface area contributed by atoms with Gasteiger partial charge in [0.05, 0.1) is 13.4 Å². The quantitative estimate of drug-likeness (QED) is 0.512. The zero-order valence-corrected chi connectivity index (χ0v) is 9.87. The van der Waals surface area contributed by atoms with Crippen molar-refractivity contribution in [2.75, 3.05) is 39.8 Å². The number of unbranched alkanes of at least 4 members (excludes halogenated alkanes) is 3. The first kappa shape index (κ1) is 12.5. The molecule has 0 aromatic carbocycles. The molecule has 3 heteroatoms. The maximum atomic E-state index is 4.85. The first-order valence-corrected chi connectivity index (χ1v) is 6.04. The Bertz CT molecular complexity index is 165. The van der Waals surface area contributed by atoms with Crippen molar-refractivity contribution in [1.82, 2.24) is 10.2 Å². The van der Waals surface area contributed by atoms with Crippen molar-refractivity contribution in [3.63, 3.8) is 0 Å². The minimum Gasteiger partial charge on any atom is -0.505 e. The molecule has 0 aromatic rings. The van der Waals surface area contributed by atoms with Gasteiger partial charge < -0.3 is 15.0 Å². The first-order chi connectivity index (χ1) is 7.43. The first-order valence-electron chi connectivity index (χ1n) is 6.04. The molecule has 15 heavy (non-hydrogen) atoms. The van der Waals surface area contributed by atoms with Gasteiger partial charge in [0.15, 0.2) is 0 Å². The third-order valence-electron chi connectivity index (χ3n) is 2.79. The van der Waals surface area contributed by atoms with Crippen molar-refractivity contribution < 1.29 is 4.74 Å². The Morgan fingerprint density at radius 3 is 2.73 bits per heavy atom. The highest BCUT2D eigenvalue weighted by Crippen LogP contribution is 2.03. The molecule has 1 rings (SSSR count). The number of methoxy groups -OCH3 is 1. The second-order valence-electron chi connectivity index (χ2n) is 4.05. The molecule has 88 valence electrons. The van der Waals surface area contributed by atoms with Crippen LogP contribution in [-0.2, 0) is 4.74 Å². The van der Waals surface area contributed by atoms with E-state index in [9.17, 15) is 0 Å². The second-order valence-corrected chi connectivity index (χ2v) is 4.05. The molecule has 0 bridgehead atoms. The topological polar surface area (TPSA) is 24.5 Å². The number of nitrogens with zero attached hydrogens (tertiary/aromatic N) is 1. The van der Waals surface area contributed by atoms with E-state index < -0.39 is 0 Å². The van der Waals surface area contributed by atoms with Crippen LogP contribution in [0.25, 0.3) is 0 Å². The summed E-state index contributed by atoms with van der Waals surface area (Å²) in [5.41, 5.74) is 0. The van der Waals surface area contributed by atoms with Crippen LogP contribution in [0.3, 0.4) is 0 Å². The fraction of sp³-hybridized carbons (Fsp3) is 0.833. The van der Waals surface area contributed by atoms with Crippen LogP contribution < -0.4 is 5.32 Å². The smallest absolute Gasteiger partial charge is 0.0784 e. The molecular formula is C12H24N2O. The molecular weight excluding hydrogens is 188 g/mol. The van der Waals surface area contributed by atoms with Crippen LogP contribution in [0.15, 0.2) is 12.3 Å². The zero-order chi connectivity index (χ0) is 10.8. The summed E-state index contributed by atoms with van der Waals surface area (Å²) in [5.74, 6) is 0. The van der Waals surface area contributed by atoms with Gasteiger partial charge in [-0.3, -0.25) is 0 Å². The largest absolute Gasteiger partial charge is 0.505 e. The summed E-state index contributed by atoms with van der Waals surface area (Å²) in [6.45, 7) is 6.05. The van der Waals surface area contributed by atoms with Gasteiger partial charge in [0.25, 0.3) is 0 Å². The third-order valence-corrected chi connectivity index (χ3v) is 2.79. The summed E-state index contributed by atoms with van der Waals surface area (Å²) in [4.78, 5) is 2.56. The molecule has 0 unspecified atom stereocenters. The number of rotatable bonds is 7. The number of allylic oxidation sites excluding steroid dienone is 1. The van der Waals surface area contributed by atoms with Crippen molar-refractivity contribution in [1.29, 1.82) is 0 Å². The van der Waals surface area contributed by atoms with Crippen molar-refractivity contribution in [2.45, 2.75) is 25.7 Å². The number of nitrogens with one attached hydrogen (secondary N) is 1. The summed E-state index contributed by atoms with van der Waals surface area (Å²) >= 11 is 0. The molecule has 1 aliphatic heterocycles. The molecule has 3 nitrogen and oxygen atoms in total. The van der Waals surface area contributed by atoms with E-state index in [4.69, 9.17) is 4.74 Å². The summed E-state index contributed by atoms with van der Waals surface area (Å²) in [6, 6.07) is 0. The van der Waals surface area contributed by atoms with E-state index in [0.717, 1.165) is 19.5 Å². The van der Waals surface area contributed by atoms with Crippen molar-refractivity contribution in [3.8, 4) is 0 Å². The number of hydrogen-bond acceptors (Lipinski definition) is 3. The molecule has 1 heterocycles. The highest BCUT2D eigenvalue weighted by molar-refractivity contribution is 4.73. The summed E-state index contributed by atoms with van der Waals surface area (Å²) in [7, 11) is 1.70. The Kier molecular flexibility index (Phi) is 7.30. The van der Waals surface area contributed by atoms with Crippen LogP contribution in [-0.4, -0.2) is 44.7 Å². The normalized spacial score (nSPS) is 18.5. The highest BCUT2D eigenvalue weighted by Gasteiger charge is 2.07. The molecule has 1 N–H and O–H groups in total. The van der Waals surface area contributed by atoms with E-state index in [1.807, 2.05) is 0 Å². The van der Waals surface area contributed by atoms with Crippen molar-refractivity contribution in [2.24, 2.45) is 0 Å². The molecule has 1 saturated heterocycles. The Morgan fingerprint density at radius 1 is 1.20 bits per heavy atom. The lowest BCUT2D eigenvalue weighted by atomic mass is 10.2. The molecule has 0 aromatic heterocycles. The predicted molar refractivity (Wildman–Crippen MR) is 63.9 cm³/mol. The summed E-state index contributed by atoms with van der Waals surface area (Å²) < 4.78 is 4.85. The van der Waals surface area contributed by atoms with E-state index in [2.05, 4.69) is 16.3 Å². The van der Waals surface area contributed by atoms with Crippen molar-refractivity contribution in [3.05, 3.63) is 12.3 Å². The molecule has 0 spiro atoms. The van der Waals surface area contributed by atoms with Gasteiger partial charge in [-0.1, -0.05) is 6.42 Å². The number of ether oxygens (including phenoxy) is 1. The Labute approximate surface area is 93.5 Å². The Hall–Kier alpha value is -0.540. The minimum absolute atomic E-state index is 1.15. The lowest BCUT2D eigenvalue weighted by Gasteiger charge is -2.26. The maximum absolute atomic E-state index is 4.85. The minimum atomic E-state index is 1.15. The van der Waals surface area contributed by atoms with E-state index in [0.29, 0.717) is 0 Å². The molecule has 0 amide bonds. The van der Waals surface area contributed by atoms with Gasteiger partial charge in [-0.25, -0.2) is 0 Å². The monoisotopic (exact) mass is 212 g/mol. The van der Waals surface area contributed by atoms with Gasteiger partial charge in [0.1, 0.15) is 0 Å². The average Bonchev–Trinajstić information content (AvgIpc) is 2.29. The molecule has 0 saturated carbocycles. The van der Waals surface area contributed by atoms with E-state index in [1.165, 1.54) is 38.9 Å². The molecule has 0 aliphatic carbocycles. The number of piperazine rings is 1. The summed E-state index contributed by atoms with van der Waals surface area (Å²) in [5, 5.41) is 3.37. The number of hydrogen-bond donors (Lipinski definition) is 1. The molecule has 1 fully saturated rings. The van der Waals surface area contributed by atoms with E-state index >= 15 is 0 Å². The Morgan fingerprint density at radius 2 is 2.00 bits per heavy atom. The van der Waals surface area contributed by atoms with Gasteiger partial charge in [-0.15, -0.1) is 0 Å². The standard InChI is InChI=1S/C12H24N2O/c1-15-12-6-4-2-3-5-9-14-10-7-13-8-11-14/h6,12-13H,2-5,7-11H2,1H3. The van der Waals surface area contributed by atoms with Gasteiger partial charge in [-0.2, -0.15) is 0 Å². The van der Waals surface area contributed by atoms with Crippen LogP contribution in [0.5, 0.6) is 0 Å². The van der Waals surface area contributed by atoms with E-state index in [-0.39, 0.29) is 0 Å². The fourth-order valence-electron chi connectivity index (χ4n) is 1.87. The molecule has 0 atom stereocenters. The predicted octanol–water partition coefficient (Wildman–Crippen LogP) is 1.61. The third kappa shape index (κ3) is 6.52. The van der Waals surface area contributed by atoms with Crippen LogP contribution in [0.2, 0.25) is 0 Å². The van der Waals surface area contributed by atoms with Gasteiger partial charge in [0.2, 0.25) is 0 Å². The Balaban J connectivity index is 1.85.